The van der Waals surface area contributed by atoms with Crippen molar-refractivity contribution in [2.75, 3.05) is 19.7 Å². The van der Waals surface area contributed by atoms with Crippen LogP contribution in [0.1, 0.15) is 18.9 Å². The molecule has 0 aliphatic rings. The van der Waals surface area contributed by atoms with Crippen LogP contribution in [0.25, 0.3) is 0 Å². The molecule has 0 aliphatic heterocycles. The number of rotatable bonds is 5. The predicted molar refractivity (Wildman–Crippen MR) is 58.3 cm³/mol. The van der Waals surface area contributed by atoms with E-state index in [1.165, 1.54) is 4.90 Å². The Morgan fingerprint density at radius 3 is 2.39 bits per heavy atom. The summed E-state index contributed by atoms with van der Waals surface area (Å²) in [5, 5.41) is 4.81. The molecule has 1 rings (SSSR count). The fourth-order valence-electron chi connectivity index (χ4n) is 1.17. The maximum atomic E-state index is 12.2. The molecule has 102 valence electrons. The summed E-state index contributed by atoms with van der Waals surface area (Å²) in [4.78, 5) is 13.0. The minimum Gasteiger partial charge on any atom is -0.459 e. The normalized spacial score (nSPS) is 11.4. The van der Waals surface area contributed by atoms with Crippen molar-refractivity contribution in [2.45, 2.75) is 20.0 Å². The molecule has 0 spiro atoms. The number of aromatic nitrogens is 2. The van der Waals surface area contributed by atoms with Crippen molar-refractivity contribution in [1.82, 2.24) is 15.1 Å². The molecule has 0 aromatic carbocycles. The number of hydrogen-bond donors (Lipinski definition) is 0. The quantitative estimate of drug-likeness (QED) is 0.827. The molecule has 0 bridgehead atoms. The van der Waals surface area contributed by atoms with E-state index in [9.17, 15) is 18.0 Å². The van der Waals surface area contributed by atoms with E-state index in [1.807, 2.05) is 0 Å². The zero-order valence-corrected chi connectivity index (χ0v) is 10.6. The van der Waals surface area contributed by atoms with E-state index >= 15 is 0 Å². The van der Waals surface area contributed by atoms with Crippen molar-refractivity contribution in [3.63, 3.8) is 0 Å². The van der Waals surface area contributed by atoms with Crippen LogP contribution >= 0.6 is 11.3 Å². The average molecular weight is 283 g/mol. The molecule has 1 aromatic heterocycles. The molecule has 0 saturated heterocycles. The van der Waals surface area contributed by atoms with Crippen molar-refractivity contribution in [2.24, 2.45) is 0 Å². The number of nitrogens with zero attached hydrogens (tertiary/aromatic N) is 3. The van der Waals surface area contributed by atoms with E-state index in [-0.39, 0.29) is 29.0 Å². The highest BCUT2D eigenvalue weighted by Gasteiger charge is 2.36. The molecule has 1 aromatic rings. The predicted octanol–water partition coefficient (Wildman–Crippen LogP) is 1.80. The SMILES string of the molecule is CCN(CC)C(=O)COc1nnc(C(F)(F)F)s1. The zero-order valence-electron chi connectivity index (χ0n) is 9.82. The lowest BCUT2D eigenvalue weighted by molar-refractivity contribution is -0.138. The van der Waals surface area contributed by atoms with Crippen LogP contribution in [0, 0.1) is 0 Å². The highest BCUT2D eigenvalue weighted by atomic mass is 32.1. The number of ether oxygens (including phenoxy) is 1. The van der Waals surface area contributed by atoms with E-state index in [1.54, 1.807) is 13.8 Å². The molecular formula is C9H12F3N3O2S. The number of hydrogen-bond acceptors (Lipinski definition) is 5. The Hall–Kier alpha value is -1.38. The molecule has 5 nitrogen and oxygen atoms in total. The Kier molecular flexibility index (Phi) is 4.88. The second kappa shape index (κ2) is 5.98. The van der Waals surface area contributed by atoms with E-state index < -0.39 is 11.2 Å². The second-order valence-electron chi connectivity index (χ2n) is 3.23. The summed E-state index contributed by atoms with van der Waals surface area (Å²) in [6.45, 7) is 4.29. The molecule has 0 saturated carbocycles. The van der Waals surface area contributed by atoms with Crippen molar-refractivity contribution >= 4 is 17.2 Å². The lowest BCUT2D eigenvalue weighted by Crippen LogP contribution is -2.34. The topological polar surface area (TPSA) is 55.3 Å². The van der Waals surface area contributed by atoms with E-state index in [0.29, 0.717) is 13.1 Å². The maximum absolute atomic E-state index is 12.2. The smallest absolute Gasteiger partial charge is 0.445 e. The summed E-state index contributed by atoms with van der Waals surface area (Å²) >= 11 is 0.269. The summed E-state index contributed by atoms with van der Waals surface area (Å²) in [6, 6.07) is 0. The largest absolute Gasteiger partial charge is 0.459 e. The molecule has 1 heterocycles. The van der Waals surface area contributed by atoms with Crippen LogP contribution in [0.5, 0.6) is 5.19 Å². The molecule has 0 radical (unpaired) electrons. The van der Waals surface area contributed by atoms with Crippen molar-refractivity contribution in [3.8, 4) is 5.19 Å². The summed E-state index contributed by atoms with van der Waals surface area (Å²) < 4.78 is 41.5. The number of likely N-dealkylation sites (N-methyl/N-ethyl adjacent to an activating group) is 1. The Balaban J connectivity index is 2.54. The first-order valence-corrected chi connectivity index (χ1v) is 6.01. The standard InChI is InChI=1S/C9H12F3N3O2S/c1-3-15(4-2)6(16)5-17-8-14-13-7(18-8)9(10,11)12/h3-5H2,1-2H3. The Bertz CT molecular complexity index is 404. The third kappa shape index (κ3) is 3.83. The zero-order chi connectivity index (χ0) is 13.8. The molecule has 0 N–H and O–H groups in total. The van der Waals surface area contributed by atoms with Crippen LogP contribution < -0.4 is 4.74 Å². The third-order valence-electron chi connectivity index (χ3n) is 2.08. The number of amides is 1. The fourth-order valence-corrected chi connectivity index (χ4v) is 1.74. The lowest BCUT2D eigenvalue weighted by atomic mass is 10.5. The first-order valence-electron chi connectivity index (χ1n) is 5.19. The molecule has 0 fully saturated rings. The molecule has 0 unspecified atom stereocenters. The van der Waals surface area contributed by atoms with Gasteiger partial charge in [-0.3, -0.25) is 4.79 Å². The highest BCUT2D eigenvalue weighted by Crippen LogP contribution is 2.33. The third-order valence-corrected chi connectivity index (χ3v) is 2.96. The fraction of sp³-hybridized carbons (Fsp3) is 0.667. The van der Waals surface area contributed by atoms with Crippen LogP contribution in [-0.4, -0.2) is 40.7 Å². The van der Waals surface area contributed by atoms with Gasteiger partial charge in [-0.15, -0.1) is 5.10 Å². The van der Waals surface area contributed by atoms with Gasteiger partial charge in [0.05, 0.1) is 0 Å². The van der Waals surface area contributed by atoms with Gasteiger partial charge in [-0.25, -0.2) is 0 Å². The van der Waals surface area contributed by atoms with Crippen molar-refractivity contribution in [3.05, 3.63) is 5.01 Å². The van der Waals surface area contributed by atoms with Gasteiger partial charge >= 0.3 is 6.18 Å². The van der Waals surface area contributed by atoms with Crippen LogP contribution in [0.3, 0.4) is 0 Å². The van der Waals surface area contributed by atoms with Crippen LogP contribution in [0.15, 0.2) is 0 Å². The Morgan fingerprint density at radius 2 is 1.94 bits per heavy atom. The Morgan fingerprint density at radius 1 is 1.33 bits per heavy atom. The van der Waals surface area contributed by atoms with Crippen LogP contribution in [0.4, 0.5) is 13.2 Å². The van der Waals surface area contributed by atoms with Crippen molar-refractivity contribution in [1.29, 1.82) is 0 Å². The first-order chi connectivity index (χ1) is 8.38. The van der Waals surface area contributed by atoms with E-state index in [0.717, 1.165) is 0 Å². The van der Waals surface area contributed by atoms with Crippen molar-refractivity contribution < 1.29 is 22.7 Å². The summed E-state index contributed by atoms with van der Waals surface area (Å²) in [7, 11) is 0. The highest BCUT2D eigenvalue weighted by molar-refractivity contribution is 7.13. The average Bonchev–Trinajstić information content (AvgIpc) is 2.76. The maximum Gasteiger partial charge on any atom is 0.445 e. The van der Waals surface area contributed by atoms with Crippen LogP contribution in [-0.2, 0) is 11.0 Å². The molecule has 9 heteroatoms. The summed E-state index contributed by atoms with van der Waals surface area (Å²) in [5.74, 6) is -0.302. The van der Waals surface area contributed by atoms with Gasteiger partial charge in [0, 0.05) is 13.1 Å². The van der Waals surface area contributed by atoms with Gasteiger partial charge in [0.25, 0.3) is 11.1 Å². The molecule has 0 atom stereocenters. The Labute approximate surface area is 106 Å². The minimum absolute atomic E-state index is 0.261. The first kappa shape index (κ1) is 14.7. The van der Waals surface area contributed by atoms with E-state index in [4.69, 9.17) is 4.74 Å². The summed E-state index contributed by atoms with van der Waals surface area (Å²) in [6.07, 6.45) is -4.54. The molecule has 18 heavy (non-hydrogen) atoms. The van der Waals surface area contributed by atoms with E-state index in [2.05, 4.69) is 10.2 Å². The van der Waals surface area contributed by atoms with Gasteiger partial charge in [-0.2, -0.15) is 13.2 Å². The number of halogens is 3. The van der Waals surface area contributed by atoms with Gasteiger partial charge in [-0.1, -0.05) is 16.4 Å². The number of carbonyl (C=O) groups is 1. The monoisotopic (exact) mass is 283 g/mol. The molecule has 1 amide bonds. The van der Waals surface area contributed by atoms with Gasteiger partial charge in [0.15, 0.2) is 6.61 Å². The van der Waals surface area contributed by atoms with Crippen LogP contribution in [0.2, 0.25) is 0 Å². The van der Waals surface area contributed by atoms with Gasteiger partial charge in [0.1, 0.15) is 0 Å². The minimum atomic E-state index is -4.54. The number of alkyl halides is 3. The molecular weight excluding hydrogens is 271 g/mol. The second-order valence-corrected chi connectivity index (χ2v) is 4.17. The summed E-state index contributed by atoms with van der Waals surface area (Å²) in [5.41, 5.74) is 0. The lowest BCUT2D eigenvalue weighted by Gasteiger charge is -2.17. The molecule has 0 aliphatic carbocycles. The van der Waals surface area contributed by atoms with Gasteiger partial charge < -0.3 is 9.64 Å². The van der Waals surface area contributed by atoms with Gasteiger partial charge in [-0.05, 0) is 13.8 Å². The van der Waals surface area contributed by atoms with Gasteiger partial charge in [0.2, 0.25) is 5.01 Å². The number of carbonyl (C=O) groups excluding carboxylic acids is 1.